The lowest BCUT2D eigenvalue weighted by Crippen LogP contribution is -2.03. The van der Waals surface area contributed by atoms with Crippen molar-refractivity contribution in [3.63, 3.8) is 0 Å². The molecule has 0 saturated carbocycles. The van der Waals surface area contributed by atoms with Crippen molar-refractivity contribution < 1.29 is 9.53 Å². The van der Waals surface area contributed by atoms with Gasteiger partial charge in [0.05, 0.1) is 7.11 Å². The minimum Gasteiger partial charge on any atom is -0.463 e. The molecule has 0 aliphatic carbocycles. The van der Waals surface area contributed by atoms with E-state index < -0.39 is 5.97 Å². The number of carbonyl (C=O) groups is 1. The van der Waals surface area contributed by atoms with Crippen LogP contribution in [0.15, 0.2) is 42.7 Å². The highest BCUT2D eigenvalue weighted by molar-refractivity contribution is 5.85. The number of benzene rings is 1. The number of hydrogen-bond donors (Lipinski definition) is 0. The van der Waals surface area contributed by atoms with Crippen LogP contribution in [0.5, 0.6) is 0 Å². The maximum atomic E-state index is 11.3. The highest BCUT2D eigenvalue weighted by atomic mass is 16.5. The van der Waals surface area contributed by atoms with Crippen LogP contribution in [0.4, 0.5) is 0 Å². The first kappa shape index (κ1) is 11.3. The van der Waals surface area contributed by atoms with Gasteiger partial charge >= 0.3 is 5.97 Å². The first-order valence-electron chi connectivity index (χ1n) is 5.64. The van der Waals surface area contributed by atoms with Crippen LogP contribution in [0, 0.1) is 0 Å². The van der Waals surface area contributed by atoms with E-state index in [0.717, 1.165) is 11.1 Å². The molecule has 0 radical (unpaired) electrons. The van der Waals surface area contributed by atoms with Gasteiger partial charge in [-0.1, -0.05) is 30.3 Å². The molecular formula is C13H10N4O2. The van der Waals surface area contributed by atoms with Gasteiger partial charge in [-0.05, 0) is 5.56 Å². The number of carbonyl (C=O) groups excluding carboxylic acids is 1. The Morgan fingerprint density at radius 2 is 2.00 bits per heavy atom. The van der Waals surface area contributed by atoms with E-state index in [-0.39, 0.29) is 5.82 Å². The van der Waals surface area contributed by atoms with Crippen molar-refractivity contribution in [1.82, 2.24) is 19.6 Å². The van der Waals surface area contributed by atoms with Gasteiger partial charge in [0.2, 0.25) is 0 Å². The van der Waals surface area contributed by atoms with Gasteiger partial charge in [0, 0.05) is 18.0 Å². The molecule has 2 aromatic heterocycles. The number of rotatable bonds is 2. The Kier molecular flexibility index (Phi) is 2.68. The number of hydrogen-bond acceptors (Lipinski definition) is 5. The predicted molar refractivity (Wildman–Crippen MR) is 67.6 cm³/mol. The van der Waals surface area contributed by atoms with Crippen LogP contribution in [0.2, 0.25) is 0 Å². The number of ether oxygens (including phenoxy) is 1. The average Bonchev–Trinajstić information content (AvgIpc) is 2.90. The molecule has 0 bridgehead atoms. The number of esters is 1. The zero-order valence-corrected chi connectivity index (χ0v) is 10.1. The lowest BCUT2D eigenvalue weighted by atomic mass is 10.1. The molecule has 6 heteroatoms. The molecule has 0 aliphatic rings. The van der Waals surface area contributed by atoms with Crippen LogP contribution in [0.25, 0.3) is 16.9 Å². The maximum Gasteiger partial charge on any atom is 0.378 e. The molecule has 0 spiro atoms. The van der Waals surface area contributed by atoms with Crippen LogP contribution < -0.4 is 0 Å². The van der Waals surface area contributed by atoms with Gasteiger partial charge < -0.3 is 4.74 Å². The summed E-state index contributed by atoms with van der Waals surface area (Å²) >= 11 is 0. The molecule has 94 valence electrons. The summed E-state index contributed by atoms with van der Waals surface area (Å²) in [5, 5.41) is 4.04. The molecule has 0 atom stereocenters. The normalized spacial score (nSPS) is 10.6. The maximum absolute atomic E-state index is 11.3. The minimum atomic E-state index is -0.577. The minimum absolute atomic E-state index is 0.000196. The van der Waals surface area contributed by atoms with E-state index in [0.29, 0.717) is 5.78 Å². The third kappa shape index (κ3) is 2.03. The standard InChI is InChI=1S/C13H10N4O2/c1-19-12(18)11-15-13-14-7-10(8-17(13)16-11)9-5-3-2-4-6-9/h2-8H,1H3. The Labute approximate surface area is 108 Å². The lowest BCUT2D eigenvalue weighted by Gasteiger charge is -2.00. The SMILES string of the molecule is COC(=O)c1nc2ncc(-c3ccccc3)cn2n1. The molecule has 0 aliphatic heterocycles. The molecule has 3 rings (SSSR count). The van der Waals surface area contributed by atoms with Crippen molar-refractivity contribution in [1.29, 1.82) is 0 Å². The third-order valence-electron chi connectivity index (χ3n) is 2.67. The zero-order valence-electron chi connectivity index (χ0n) is 10.1. The van der Waals surface area contributed by atoms with Gasteiger partial charge in [-0.3, -0.25) is 0 Å². The van der Waals surface area contributed by atoms with Gasteiger partial charge in [0.15, 0.2) is 0 Å². The Morgan fingerprint density at radius 3 is 2.74 bits per heavy atom. The molecule has 0 fully saturated rings. The molecule has 2 heterocycles. The Bertz CT molecular complexity index is 737. The molecule has 0 unspecified atom stereocenters. The van der Waals surface area contributed by atoms with E-state index in [4.69, 9.17) is 0 Å². The smallest absolute Gasteiger partial charge is 0.378 e. The van der Waals surface area contributed by atoms with E-state index in [1.165, 1.54) is 11.6 Å². The van der Waals surface area contributed by atoms with Crippen LogP contribution in [-0.2, 0) is 4.74 Å². The van der Waals surface area contributed by atoms with Crippen molar-refractivity contribution in [2.75, 3.05) is 7.11 Å². The van der Waals surface area contributed by atoms with Crippen molar-refractivity contribution in [3.05, 3.63) is 48.5 Å². The fourth-order valence-corrected chi connectivity index (χ4v) is 1.74. The highest BCUT2D eigenvalue weighted by Gasteiger charge is 2.13. The molecule has 6 nitrogen and oxygen atoms in total. The van der Waals surface area contributed by atoms with E-state index in [1.54, 1.807) is 12.4 Å². The number of nitrogens with zero attached hydrogens (tertiary/aromatic N) is 4. The monoisotopic (exact) mass is 254 g/mol. The molecule has 0 N–H and O–H groups in total. The summed E-state index contributed by atoms with van der Waals surface area (Å²) < 4.78 is 6.04. The third-order valence-corrected chi connectivity index (χ3v) is 2.67. The topological polar surface area (TPSA) is 69.4 Å². The van der Waals surface area contributed by atoms with Gasteiger partial charge in [-0.15, -0.1) is 5.10 Å². The van der Waals surface area contributed by atoms with E-state index >= 15 is 0 Å². The second-order valence-corrected chi connectivity index (χ2v) is 3.88. The van der Waals surface area contributed by atoms with Crippen molar-refractivity contribution in [3.8, 4) is 11.1 Å². The van der Waals surface area contributed by atoms with Gasteiger partial charge in [-0.25, -0.2) is 14.3 Å². The zero-order chi connectivity index (χ0) is 13.2. The summed E-state index contributed by atoms with van der Waals surface area (Å²) in [5.41, 5.74) is 1.92. The summed E-state index contributed by atoms with van der Waals surface area (Å²) in [6.07, 6.45) is 3.47. The highest BCUT2D eigenvalue weighted by Crippen LogP contribution is 2.17. The molecule has 3 aromatic rings. The first-order valence-corrected chi connectivity index (χ1v) is 5.64. The van der Waals surface area contributed by atoms with Gasteiger partial charge in [0.1, 0.15) is 0 Å². The van der Waals surface area contributed by atoms with Crippen LogP contribution in [-0.4, -0.2) is 32.7 Å². The average molecular weight is 254 g/mol. The molecule has 19 heavy (non-hydrogen) atoms. The largest absolute Gasteiger partial charge is 0.463 e. The van der Waals surface area contributed by atoms with Gasteiger partial charge in [-0.2, -0.15) is 4.98 Å². The van der Waals surface area contributed by atoms with Crippen molar-refractivity contribution >= 4 is 11.7 Å². The molecule has 1 aromatic carbocycles. The van der Waals surface area contributed by atoms with E-state index in [1.807, 2.05) is 30.3 Å². The van der Waals surface area contributed by atoms with Crippen molar-refractivity contribution in [2.24, 2.45) is 0 Å². The number of methoxy groups -OCH3 is 1. The first-order chi connectivity index (χ1) is 9.28. The molecule has 0 amide bonds. The number of fused-ring (bicyclic) bond motifs is 1. The summed E-state index contributed by atoms with van der Waals surface area (Å²) in [6, 6.07) is 9.78. The second-order valence-electron chi connectivity index (χ2n) is 3.88. The fourth-order valence-electron chi connectivity index (χ4n) is 1.74. The lowest BCUT2D eigenvalue weighted by molar-refractivity contribution is 0.0587. The quantitative estimate of drug-likeness (QED) is 0.649. The molecular weight excluding hydrogens is 244 g/mol. The van der Waals surface area contributed by atoms with Crippen LogP contribution in [0.3, 0.4) is 0 Å². The molecule has 0 saturated heterocycles. The van der Waals surface area contributed by atoms with Gasteiger partial charge in [0.25, 0.3) is 11.6 Å². The Morgan fingerprint density at radius 1 is 1.21 bits per heavy atom. The fraction of sp³-hybridized carbons (Fsp3) is 0.0769. The second kappa shape index (κ2) is 4.49. The van der Waals surface area contributed by atoms with Crippen molar-refractivity contribution in [2.45, 2.75) is 0 Å². The van der Waals surface area contributed by atoms with Crippen LogP contribution >= 0.6 is 0 Å². The van der Waals surface area contributed by atoms with Crippen LogP contribution in [0.1, 0.15) is 10.6 Å². The Hall–Kier alpha value is -2.76. The Balaban J connectivity index is 2.09. The summed E-state index contributed by atoms with van der Waals surface area (Å²) in [6.45, 7) is 0. The van der Waals surface area contributed by atoms with E-state index in [2.05, 4.69) is 19.8 Å². The summed E-state index contributed by atoms with van der Waals surface area (Å²) in [4.78, 5) is 19.5. The van der Waals surface area contributed by atoms with E-state index in [9.17, 15) is 4.79 Å². The summed E-state index contributed by atoms with van der Waals surface area (Å²) in [7, 11) is 1.29. The number of aromatic nitrogens is 4. The summed E-state index contributed by atoms with van der Waals surface area (Å²) in [5.74, 6) is -0.216. The predicted octanol–water partition coefficient (Wildman–Crippen LogP) is 1.58.